The van der Waals surface area contributed by atoms with E-state index in [-0.39, 0.29) is 25.5 Å². The Labute approximate surface area is 178 Å². The van der Waals surface area contributed by atoms with Gasteiger partial charge in [0.1, 0.15) is 18.2 Å². The molecule has 0 bridgehead atoms. The molecule has 8 heteroatoms. The monoisotopic (exact) mass is 432 g/mol. The van der Waals surface area contributed by atoms with E-state index in [0.717, 1.165) is 5.56 Å². The van der Waals surface area contributed by atoms with Crippen molar-refractivity contribution in [2.24, 2.45) is 0 Å². The first-order chi connectivity index (χ1) is 14.4. The topological polar surface area (TPSA) is 87.7 Å². The average molecular weight is 433 g/mol. The summed E-state index contributed by atoms with van der Waals surface area (Å²) >= 11 is 6.22. The molecule has 0 unspecified atom stereocenters. The smallest absolute Gasteiger partial charge is 0.253 e. The molecule has 158 valence electrons. The molecule has 2 aromatic carbocycles. The van der Waals surface area contributed by atoms with E-state index in [1.807, 2.05) is 6.92 Å². The highest BCUT2D eigenvalue weighted by molar-refractivity contribution is 6.32. The maximum absolute atomic E-state index is 13.3. The van der Waals surface area contributed by atoms with Gasteiger partial charge in [-0.25, -0.2) is 4.39 Å². The Morgan fingerprint density at radius 3 is 2.73 bits per heavy atom. The van der Waals surface area contributed by atoms with E-state index in [0.29, 0.717) is 34.0 Å². The predicted molar refractivity (Wildman–Crippen MR) is 112 cm³/mol. The van der Waals surface area contributed by atoms with Crippen LogP contribution in [0.3, 0.4) is 0 Å². The van der Waals surface area contributed by atoms with Gasteiger partial charge in [0.25, 0.3) is 5.91 Å². The molecule has 0 saturated heterocycles. The fraction of sp³-hybridized carbons (Fsp3) is 0.273. The minimum absolute atomic E-state index is 0.0718. The minimum atomic E-state index is -0.498. The maximum atomic E-state index is 13.3. The van der Waals surface area contributed by atoms with Crippen molar-refractivity contribution in [3.63, 3.8) is 0 Å². The highest BCUT2D eigenvalue weighted by atomic mass is 35.5. The lowest BCUT2D eigenvalue weighted by atomic mass is 9.86. The largest absolute Gasteiger partial charge is 0.490 e. The van der Waals surface area contributed by atoms with E-state index in [1.165, 1.54) is 18.3 Å². The van der Waals surface area contributed by atoms with Gasteiger partial charge in [-0.3, -0.25) is 9.59 Å². The molecular formula is C22H22ClFN2O4. The van der Waals surface area contributed by atoms with Crippen LogP contribution in [-0.2, 0) is 16.0 Å². The van der Waals surface area contributed by atoms with Gasteiger partial charge in [-0.2, -0.15) is 0 Å². The number of anilines is 1. The summed E-state index contributed by atoms with van der Waals surface area (Å²) in [6.45, 7) is 1.83. The van der Waals surface area contributed by atoms with Gasteiger partial charge in [0.05, 0.1) is 11.6 Å². The van der Waals surface area contributed by atoms with Gasteiger partial charge >= 0.3 is 0 Å². The van der Waals surface area contributed by atoms with E-state index >= 15 is 0 Å². The van der Waals surface area contributed by atoms with Gasteiger partial charge in [0.15, 0.2) is 0 Å². The summed E-state index contributed by atoms with van der Waals surface area (Å²) < 4.78 is 18.7. The summed E-state index contributed by atoms with van der Waals surface area (Å²) in [5, 5.41) is 14.8. The molecule has 3 N–H and O–H groups in total. The summed E-state index contributed by atoms with van der Waals surface area (Å²) in [6.07, 6.45) is 2.09. The number of amides is 2. The fourth-order valence-electron chi connectivity index (χ4n) is 3.29. The number of carbonyl (C=O) groups is 2. The highest BCUT2D eigenvalue weighted by Crippen LogP contribution is 2.34. The second-order valence-corrected chi connectivity index (χ2v) is 7.20. The molecule has 2 aromatic rings. The normalized spacial score (nSPS) is 15.9. The van der Waals surface area contributed by atoms with Gasteiger partial charge in [0, 0.05) is 35.9 Å². The summed E-state index contributed by atoms with van der Waals surface area (Å²) in [5.74, 6) is -1.16. The Morgan fingerprint density at radius 2 is 2.07 bits per heavy atom. The van der Waals surface area contributed by atoms with Gasteiger partial charge < -0.3 is 20.5 Å². The van der Waals surface area contributed by atoms with Crippen LogP contribution in [0.1, 0.15) is 30.4 Å². The number of halogens is 2. The summed E-state index contributed by atoms with van der Waals surface area (Å²) in [7, 11) is 0. The number of rotatable bonds is 7. The number of hydrogen-bond acceptors (Lipinski definition) is 4. The van der Waals surface area contributed by atoms with E-state index in [4.69, 9.17) is 21.4 Å². The second kappa shape index (κ2) is 9.73. The third kappa shape index (κ3) is 4.98. The van der Waals surface area contributed by atoms with Crippen molar-refractivity contribution in [2.75, 3.05) is 18.5 Å². The van der Waals surface area contributed by atoms with E-state index in [1.54, 1.807) is 24.3 Å². The Morgan fingerprint density at radius 1 is 1.33 bits per heavy atom. The van der Waals surface area contributed by atoms with Crippen LogP contribution in [0, 0.1) is 5.82 Å². The minimum Gasteiger partial charge on any atom is -0.490 e. The lowest BCUT2D eigenvalue weighted by molar-refractivity contribution is -0.121. The second-order valence-electron chi connectivity index (χ2n) is 6.79. The van der Waals surface area contributed by atoms with E-state index in [2.05, 4.69) is 10.6 Å². The van der Waals surface area contributed by atoms with Crippen molar-refractivity contribution in [3.05, 3.63) is 70.1 Å². The molecule has 0 aliphatic carbocycles. The van der Waals surface area contributed by atoms with Crippen LogP contribution >= 0.6 is 11.6 Å². The van der Waals surface area contributed by atoms with Gasteiger partial charge in [-0.15, -0.1) is 0 Å². The first-order valence-corrected chi connectivity index (χ1v) is 9.93. The average Bonchev–Trinajstić information content (AvgIpc) is 2.74. The third-order valence-corrected chi connectivity index (χ3v) is 5.12. The molecule has 0 saturated carbocycles. The predicted octanol–water partition coefficient (Wildman–Crippen LogP) is 3.54. The lowest BCUT2D eigenvalue weighted by Gasteiger charge is -2.24. The zero-order valence-electron chi connectivity index (χ0n) is 16.4. The quantitative estimate of drug-likeness (QED) is 0.624. The SMILES string of the molecule is CCc1cc(Cl)c(OCCO)cc1NC(=O)C1=CNC(=O)C[C@H]1c1ccc(F)cc1. The van der Waals surface area contributed by atoms with Crippen molar-refractivity contribution in [2.45, 2.75) is 25.7 Å². The molecule has 3 rings (SSSR count). The summed E-state index contributed by atoms with van der Waals surface area (Å²) in [5.41, 5.74) is 2.36. The molecule has 2 amide bonds. The zero-order valence-corrected chi connectivity index (χ0v) is 17.1. The Kier molecular flexibility index (Phi) is 7.07. The first kappa shape index (κ1) is 21.8. The van der Waals surface area contributed by atoms with Gasteiger partial charge in [-0.1, -0.05) is 30.7 Å². The van der Waals surface area contributed by atoms with E-state index < -0.39 is 17.6 Å². The van der Waals surface area contributed by atoms with Crippen molar-refractivity contribution < 1.29 is 23.8 Å². The van der Waals surface area contributed by atoms with Crippen LogP contribution < -0.4 is 15.4 Å². The summed E-state index contributed by atoms with van der Waals surface area (Å²) in [6, 6.07) is 9.07. The van der Waals surface area contributed by atoms with E-state index in [9.17, 15) is 14.0 Å². The third-order valence-electron chi connectivity index (χ3n) is 4.82. The number of ether oxygens (including phenoxy) is 1. The Bertz CT molecular complexity index is 976. The molecule has 0 aromatic heterocycles. The van der Waals surface area contributed by atoms with Crippen molar-refractivity contribution in [3.8, 4) is 5.75 Å². The lowest BCUT2D eigenvalue weighted by Crippen LogP contribution is -2.32. The summed E-state index contributed by atoms with van der Waals surface area (Å²) in [4.78, 5) is 25.0. The fourth-order valence-corrected chi connectivity index (χ4v) is 3.53. The molecule has 6 nitrogen and oxygen atoms in total. The van der Waals surface area contributed by atoms with Crippen molar-refractivity contribution >= 4 is 29.1 Å². The number of aliphatic hydroxyl groups is 1. The number of hydrogen-bond donors (Lipinski definition) is 3. The van der Waals surface area contributed by atoms with Gasteiger partial charge in [-0.05, 0) is 35.7 Å². The molecule has 1 heterocycles. The molecule has 1 aliphatic rings. The van der Waals surface area contributed by atoms with Crippen LogP contribution in [-0.4, -0.2) is 30.1 Å². The number of benzene rings is 2. The Balaban J connectivity index is 1.89. The first-order valence-electron chi connectivity index (χ1n) is 9.55. The standard InChI is InChI=1S/C22H22ClFN2O4/c1-2-13-9-18(23)20(30-8-7-27)11-19(13)26-22(29)17-12-25-21(28)10-16(17)14-3-5-15(24)6-4-14/h3-6,9,11-12,16,27H,2,7-8,10H2,1H3,(H,25,28)(H,26,29)/t16-/m0/s1. The molecule has 0 spiro atoms. The number of nitrogens with one attached hydrogen (secondary N) is 2. The van der Waals surface area contributed by atoms with Crippen molar-refractivity contribution in [1.82, 2.24) is 5.32 Å². The number of aryl methyl sites for hydroxylation is 1. The number of carbonyl (C=O) groups excluding carboxylic acids is 2. The number of aliphatic hydroxyl groups excluding tert-OH is 1. The maximum Gasteiger partial charge on any atom is 0.253 e. The Hall–Kier alpha value is -2.90. The van der Waals surface area contributed by atoms with Crippen LogP contribution in [0.4, 0.5) is 10.1 Å². The molecule has 0 fully saturated rings. The van der Waals surface area contributed by atoms with Crippen LogP contribution in [0.15, 0.2) is 48.2 Å². The molecular weight excluding hydrogens is 411 g/mol. The van der Waals surface area contributed by atoms with Crippen LogP contribution in [0.25, 0.3) is 0 Å². The van der Waals surface area contributed by atoms with Crippen LogP contribution in [0.5, 0.6) is 5.75 Å². The molecule has 30 heavy (non-hydrogen) atoms. The highest BCUT2D eigenvalue weighted by Gasteiger charge is 2.29. The molecule has 1 atom stereocenters. The molecule has 0 radical (unpaired) electrons. The van der Waals surface area contributed by atoms with Gasteiger partial charge in [0.2, 0.25) is 5.91 Å². The zero-order chi connectivity index (χ0) is 21.7. The molecule has 1 aliphatic heterocycles. The van der Waals surface area contributed by atoms with Crippen LogP contribution in [0.2, 0.25) is 5.02 Å². The van der Waals surface area contributed by atoms with Crippen molar-refractivity contribution in [1.29, 1.82) is 0 Å².